The number of halogens is 2. The minimum absolute atomic E-state index is 0.0283. The Kier molecular flexibility index (Phi) is 8.20. The van der Waals surface area contributed by atoms with Gasteiger partial charge in [0, 0.05) is 36.8 Å². The number of rotatable bonds is 8. The van der Waals surface area contributed by atoms with E-state index in [9.17, 15) is 13.6 Å². The van der Waals surface area contributed by atoms with Crippen molar-refractivity contribution in [2.45, 2.75) is 77.2 Å². The van der Waals surface area contributed by atoms with Crippen LogP contribution in [0.1, 0.15) is 52.0 Å². The van der Waals surface area contributed by atoms with Gasteiger partial charge >= 0.3 is 0 Å². The van der Waals surface area contributed by atoms with E-state index in [2.05, 4.69) is 27.4 Å². The van der Waals surface area contributed by atoms with E-state index in [1.54, 1.807) is 0 Å². The Balaban J connectivity index is 1.65. The number of hydrogen-bond acceptors (Lipinski definition) is 4. The predicted octanol–water partition coefficient (Wildman–Crippen LogP) is 2.90. The highest BCUT2D eigenvalue weighted by atomic mass is 19.1. The van der Waals surface area contributed by atoms with Crippen LogP contribution in [0.3, 0.4) is 0 Å². The first-order valence-electron chi connectivity index (χ1n) is 11.3. The summed E-state index contributed by atoms with van der Waals surface area (Å²) in [6.45, 7) is 10.2. The molecule has 2 aliphatic rings. The normalized spacial score (nSPS) is 23.9. The lowest BCUT2D eigenvalue weighted by atomic mass is 10.0. The Bertz CT molecular complexity index is 686. The number of hydrogen-bond donors (Lipinski definition) is 2. The molecule has 0 aliphatic carbocycles. The van der Waals surface area contributed by atoms with Gasteiger partial charge in [-0.25, -0.2) is 8.78 Å². The molecule has 3 rings (SSSR count). The van der Waals surface area contributed by atoms with Crippen molar-refractivity contribution in [1.29, 1.82) is 0 Å². The number of carbonyl (C=O) groups is 1. The molecule has 2 atom stereocenters. The van der Waals surface area contributed by atoms with Crippen molar-refractivity contribution >= 4 is 5.91 Å². The lowest BCUT2D eigenvalue weighted by molar-refractivity contribution is -0.127. The zero-order valence-electron chi connectivity index (χ0n) is 18.5. The second kappa shape index (κ2) is 10.6. The summed E-state index contributed by atoms with van der Waals surface area (Å²) in [5.41, 5.74) is 0.0620. The fourth-order valence-electron chi connectivity index (χ4n) is 4.79. The molecule has 2 fully saturated rings. The molecule has 2 N–H and O–H groups in total. The molecule has 5 nitrogen and oxygen atoms in total. The minimum atomic E-state index is -0.533. The van der Waals surface area contributed by atoms with Gasteiger partial charge in [0.1, 0.15) is 11.6 Å². The van der Waals surface area contributed by atoms with E-state index in [-0.39, 0.29) is 36.1 Å². The smallest absolute Gasteiger partial charge is 0.237 e. The maximum atomic E-state index is 14.0. The highest BCUT2D eigenvalue weighted by Crippen LogP contribution is 2.27. The standard InChI is InChI=1S/C23H36F2N4O/c1-4-10-28-11-8-18(9-12-28)29-15-17(13-22(29)23(30)27-16(2)3)26-14-19-20(24)6-5-7-21(19)25/h5-7,16-18,22,26H,4,8-15H2,1-3H3,(H,27,30)/t17-,22-/m0/s1. The van der Waals surface area contributed by atoms with Crippen molar-refractivity contribution in [3.63, 3.8) is 0 Å². The van der Waals surface area contributed by atoms with E-state index >= 15 is 0 Å². The molecule has 1 amide bonds. The molecule has 1 aromatic rings. The molecule has 1 aromatic carbocycles. The van der Waals surface area contributed by atoms with E-state index in [0.717, 1.165) is 45.4 Å². The summed E-state index contributed by atoms with van der Waals surface area (Å²) in [5, 5.41) is 6.36. The van der Waals surface area contributed by atoms with Gasteiger partial charge in [-0.1, -0.05) is 13.0 Å². The summed E-state index contributed by atoms with van der Waals surface area (Å²) in [6.07, 6.45) is 3.93. The molecule has 30 heavy (non-hydrogen) atoms. The van der Waals surface area contributed by atoms with E-state index in [1.807, 2.05) is 13.8 Å². The van der Waals surface area contributed by atoms with Crippen LogP contribution in [0.2, 0.25) is 0 Å². The second-order valence-electron chi connectivity index (χ2n) is 8.96. The van der Waals surface area contributed by atoms with Crippen LogP contribution in [0.15, 0.2) is 18.2 Å². The number of nitrogens with zero attached hydrogens (tertiary/aromatic N) is 2. The average molecular weight is 423 g/mol. The third-order valence-electron chi connectivity index (χ3n) is 6.27. The van der Waals surface area contributed by atoms with E-state index in [0.29, 0.717) is 12.5 Å². The van der Waals surface area contributed by atoms with Gasteiger partial charge in [0.15, 0.2) is 0 Å². The second-order valence-corrected chi connectivity index (χ2v) is 8.96. The van der Waals surface area contributed by atoms with Gasteiger partial charge < -0.3 is 15.5 Å². The number of amides is 1. The fourth-order valence-corrected chi connectivity index (χ4v) is 4.79. The summed E-state index contributed by atoms with van der Waals surface area (Å²) in [6, 6.07) is 4.23. The molecule has 0 saturated carbocycles. The van der Waals surface area contributed by atoms with E-state index < -0.39 is 11.6 Å². The lowest BCUT2D eigenvalue weighted by Gasteiger charge is -2.39. The Morgan fingerprint density at radius 1 is 1.20 bits per heavy atom. The first-order valence-corrected chi connectivity index (χ1v) is 11.3. The number of likely N-dealkylation sites (tertiary alicyclic amines) is 2. The topological polar surface area (TPSA) is 47.6 Å². The summed E-state index contributed by atoms with van der Waals surface area (Å²) < 4.78 is 28.0. The molecule has 168 valence electrons. The minimum Gasteiger partial charge on any atom is -0.353 e. The zero-order chi connectivity index (χ0) is 21.7. The molecule has 0 spiro atoms. The quantitative estimate of drug-likeness (QED) is 0.676. The Hall–Kier alpha value is -1.57. The summed E-state index contributed by atoms with van der Waals surface area (Å²) >= 11 is 0. The van der Waals surface area contributed by atoms with Crippen molar-refractivity contribution in [2.24, 2.45) is 0 Å². The van der Waals surface area contributed by atoms with Crippen LogP contribution in [-0.2, 0) is 11.3 Å². The Morgan fingerprint density at radius 3 is 2.47 bits per heavy atom. The predicted molar refractivity (Wildman–Crippen MR) is 115 cm³/mol. The first kappa shape index (κ1) is 23.1. The first-order chi connectivity index (χ1) is 14.4. The summed E-state index contributed by atoms with van der Waals surface area (Å²) in [4.78, 5) is 17.7. The van der Waals surface area contributed by atoms with Crippen molar-refractivity contribution in [3.8, 4) is 0 Å². The van der Waals surface area contributed by atoms with Gasteiger partial charge in [0.05, 0.1) is 6.04 Å². The molecule has 0 unspecified atom stereocenters. The van der Waals surface area contributed by atoms with Gasteiger partial charge in [-0.15, -0.1) is 0 Å². The highest BCUT2D eigenvalue weighted by Gasteiger charge is 2.41. The summed E-state index contributed by atoms with van der Waals surface area (Å²) in [5.74, 6) is -1.01. The lowest BCUT2D eigenvalue weighted by Crippen LogP contribution is -2.52. The van der Waals surface area contributed by atoms with E-state index in [1.165, 1.54) is 18.2 Å². The third-order valence-corrected chi connectivity index (χ3v) is 6.27. The van der Waals surface area contributed by atoms with Crippen LogP contribution in [0.25, 0.3) is 0 Å². The molecule has 2 saturated heterocycles. The fraction of sp³-hybridized carbons (Fsp3) is 0.696. The van der Waals surface area contributed by atoms with Crippen molar-refractivity contribution < 1.29 is 13.6 Å². The molecule has 2 aliphatic heterocycles. The van der Waals surface area contributed by atoms with Gasteiger partial charge in [0.25, 0.3) is 0 Å². The number of nitrogens with one attached hydrogen (secondary N) is 2. The van der Waals surface area contributed by atoms with Gasteiger partial charge in [-0.3, -0.25) is 9.69 Å². The molecule has 0 radical (unpaired) electrons. The molecular formula is C23H36F2N4O. The van der Waals surface area contributed by atoms with Crippen LogP contribution < -0.4 is 10.6 Å². The molecule has 7 heteroatoms. The monoisotopic (exact) mass is 422 g/mol. The van der Waals surface area contributed by atoms with E-state index in [4.69, 9.17) is 0 Å². The molecule has 0 bridgehead atoms. The number of piperidine rings is 1. The summed E-state index contributed by atoms with van der Waals surface area (Å²) in [7, 11) is 0. The maximum Gasteiger partial charge on any atom is 0.237 e. The van der Waals surface area contributed by atoms with Crippen LogP contribution in [0, 0.1) is 11.6 Å². The SMILES string of the molecule is CCCN1CCC(N2C[C@@H](NCc3c(F)cccc3F)C[C@H]2C(=O)NC(C)C)CC1. The third kappa shape index (κ3) is 5.77. The van der Waals surface area contributed by atoms with Crippen LogP contribution in [0.4, 0.5) is 8.78 Å². The van der Waals surface area contributed by atoms with Crippen LogP contribution in [0.5, 0.6) is 0 Å². The highest BCUT2D eigenvalue weighted by molar-refractivity contribution is 5.82. The number of carbonyl (C=O) groups excluding carboxylic acids is 1. The van der Waals surface area contributed by atoms with Crippen molar-refractivity contribution in [3.05, 3.63) is 35.4 Å². The largest absolute Gasteiger partial charge is 0.353 e. The van der Waals surface area contributed by atoms with Crippen LogP contribution >= 0.6 is 0 Å². The Morgan fingerprint density at radius 2 is 1.87 bits per heavy atom. The van der Waals surface area contributed by atoms with Gasteiger partial charge in [0.2, 0.25) is 5.91 Å². The van der Waals surface area contributed by atoms with Crippen LogP contribution in [-0.4, -0.2) is 66.1 Å². The zero-order valence-corrected chi connectivity index (χ0v) is 18.5. The molecule has 0 aromatic heterocycles. The van der Waals surface area contributed by atoms with Gasteiger partial charge in [-0.05, 0) is 71.3 Å². The van der Waals surface area contributed by atoms with Crippen molar-refractivity contribution in [2.75, 3.05) is 26.2 Å². The number of benzene rings is 1. The maximum absolute atomic E-state index is 14.0. The molecule has 2 heterocycles. The van der Waals surface area contributed by atoms with Crippen molar-refractivity contribution in [1.82, 2.24) is 20.4 Å². The Labute approximate surface area is 179 Å². The van der Waals surface area contributed by atoms with Gasteiger partial charge in [-0.2, -0.15) is 0 Å². The molecular weight excluding hydrogens is 386 g/mol. The average Bonchev–Trinajstić information content (AvgIpc) is 3.12.